The molecule has 0 aliphatic carbocycles. The monoisotopic (exact) mass is 606 g/mol. The van der Waals surface area contributed by atoms with Crippen LogP contribution in [0, 0.1) is 6.92 Å². The number of anilines is 3. The molecule has 1 aliphatic rings. The first-order valence-electron chi connectivity index (χ1n) is 13.9. The minimum atomic E-state index is -4.50. The lowest BCUT2D eigenvalue weighted by molar-refractivity contribution is -0.137. The quantitative estimate of drug-likeness (QED) is 0.453. The normalized spacial score (nSPS) is 14.3. The fourth-order valence-electron chi connectivity index (χ4n) is 4.86. The maximum atomic E-state index is 13.8. The van der Waals surface area contributed by atoms with Gasteiger partial charge >= 0.3 is 12.3 Å². The number of carbonyl (C=O) groups excluding carboxylic acids is 2. The largest absolute Gasteiger partial charge is 0.444 e. The van der Waals surface area contributed by atoms with Crippen molar-refractivity contribution in [1.82, 2.24) is 24.1 Å². The Morgan fingerprint density at radius 3 is 2.28 bits per heavy atom. The van der Waals surface area contributed by atoms with Gasteiger partial charge < -0.3 is 29.3 Å². The van der Waals surface area contributed by atoms with E-state index in [2.05, 4.69) is 15.4 Å². The Bertz CT molecular complexity index is 1580. The average molecular weight is 607 g/mol. The van der Waals surface area contributed by atoms with E-state index in [-0.39, 0.29) is 29.5 Å². The van der Waals surface area contributed by atoms with Crippen molar-refractivity contribution in [3.05, 3.63) is 45.4 Å². The third kappa shape index (κ3) is 6.86. The van der Waals surface area contributed by atoms with Gasteiger partial charge in [0.05, 0.1) is 11.3 Å². The van der Waals surface area contributed by atoms with Gasteiger partial charge in [0, 0.05) is 46.0 Å². The molecule has 3 aromatic rings. The van der Waals surface area contributed by atoms with Crippen molar-refractivity contribution in [2.45, 2.75) is 59.4 Å². The van der Waals surface area contributed by atoms with Gasteiger partial charge in [-0.25, -0.2) is 4.79 Å². The first-order chi connectivity index (χ1) is 20.0. The average Bonchev–Trinajstić information content (AvgIpc) is 3.36. The number of nitrogens with one attached hydrogen (secondary N) is 1. The Labute approximate surface area is 247 Å². The summed E-state index contributed by atoms with van der Waals surface area (Å²) in [7, 11) is 3.45. The zero-order valence-electron chi connectivity index (χ0n) is 25.4. The van der Waals surface area contributed by atoms with Gasteiger partial charge in [-0.15, -0.1) is 5.10 Å². The number of fused-ring (bicyclic) bond motifs is 1. The summed E-state index contributed by atoms with van der Waals surface area (Å²) < 4.78 is 47.6. The molecule has 0 spiro atoms. The highest BCUT2D eigenvalue weighted by atomic mass is 19.4. The van der Waals surface area contributed by atoms with E-state index in [4.69, 9.17) is 4.74 Å². The molecule has 0 radical (unpaired) electrons. The predicted octanol–water partition coefficient (Wildman–Crippen LogP) is 3.54. The molecule has 0 unspecified atom stereocenters. The second kappa shape index (κ2) is 11.8. The van der Waals surface area contributed by atoms with E-state index in [0.717, 1.165) is 16.6 Å². The molecule has 0 bridgehead atoms. The minimum Gasteiger partial charge on any atom is -0.444 e. The fraction of sp³-hybridized carbons (Fsp3) is 0.536. The van der Waals surface area contributed by atoms with Crippen molar-refractivity contribution in [2.24, 2.45) is 0 Å². The number of carbonyl (C=O) groups is 2. The van der Waals surface area contributed by atoms with Crippen LogP contribution in [-0.4, -0.2) is 81.9 Å². The van der Waals surface area contributed by atoms with Gasteiger partial charge in [-0.3, -0.25) is 9.59 Å². The Morgan fingerprint density at radius 2 is 1.74 bits per heavy atom. The van der Waals surface area contributed by atoms with Crippen LogP contribution in [0.3, 0.4) is 0 Å². The first-order valence-corrected chi connectivity index (χ1v) is 13.9. The molecule has 1 N–H and O–H groups in total. The second-order valence-electron chi connectivity index (χ2n) is 11.6. The number of halogens is 3. The summed E-state index contributed by atoms with van der Waals surface area (Å²) in [5.74, 6) is -0.0991. The number of aromatic nitrogens is 4. The van der Waals surface area contributed by atoms with Crippen LogP contribution in [0.15, 0.2) is 23.0 Å². The molecular formula is C28H37F3N8O4. The zero-order valence-corrected chi connectivity index (χ0v) is 25.4. The first kappa shape index (κ1) is 31.6. The molecule has 1 aromatic carbocycles. The van der Waals surface area contributed by atoms with Crippen LogP contribution in [0.2, 0.25) is 0 Å². The standard InChI is InChI=1S/C28H37F3N8O4/c1-8-20-22(36-11-13-37(14-12-36)26(42)43-27(3,4)5)23(41)39-25(33-24(34-39)35(6)7)38(20)16-21(40)32-19-10-9-18(15-17(19)2)28(29,30)31/h9-10,15H,8,11-14,16H2,1-7H3,(H,32,40). The van der Waals surface area contributed by atoms with Crippen molar-refractivity contribution in [1.29, 1.82) is 0 Å². The van der Waals surface area contributed by atoms with Gasteiger partial charge in [-0.1, -0.05) is 6.92 Å². The third-order valence-electron chi connectivity index (χ3n) is 6.93. The summed E-state index contributed by atoms with van der Waals surface area (Å²) in [5, 5.41) is 7.06. The number of nitrogens with zero attached hydrogens (tertiary/aromatic N) is 7. The Hall–Kier alpha value is -4.30. The van der Waals surface area contributed by atoms with Gasteiger partial charge in [0.15, 0.2) is 0 Å². The van der Waals surface area contributed by atoms with Gasteiger partial charge in [-0.2, -0.15) is 22.7 Å². The van der Waals surface area contributed by atoms with E-state index in [1.165, 1.54) is 13.0 Å². The van der Waals surface area contributed by atoms with Gasteiger partial charge in [0.2, 0.25) is 17.6 Å². The lowest BCUT2D eigenvalue weighted by atomic mass is 10.1. The van der Waals surface area contributed by atoms with E-state index in [1.54, 1.807) is 49.2 Å². The maximum Gasteiger partial charge on any atom is 0.416 e. The predicted molar refractivity (Wildman–Crippen MR) is 156 cm³/mol. The van der Waals surface area contributed by atoms with Crippen LogP contribution < -0.4 is 20.7 Å². The van der Waals surface area contributed by atoms with Crippen LogP contribution >= 0.6 is 0 Å². The number of rotatable bonds is 6. The van der Waals surface area contributed by atoms with E-state index in [1.807, 2.05) is 11.8 Å². The van der Waals surface area contributed by atoms with E-state index in [9.17, 15) is 27.6 Å². The number of hydrogen-bond acceptors (Lipinski definition) is 8. The second-order valence-corrected chi connectivity index (χ2v) is 11.6. The Balaban J connectivity index is 1.69. The summed E-state index contributed by atoms with van der Waals surface area (Å²) in [4.78, 5) is 49.3. The number of amides is 2. The summed E-state index contributed by atoms with van der Waals surface area (Å²) in [6.45, 7) is 9.78. The maximum absolute atomic E-state index is 13.8. The molecule has 1 aliphatic heterocycles. The molecule has 234 valence electrons. The highest BCUT2D eigenvalue weighted by Crippen LogP contribution is 2.31. The van der Waals surface area contributed by atoms with Crippen LogP contribution in [0.5, 0.6) is 0 Å². The molecule has 0 saturated carbocycles. The van der Waals surface area contributed by atoms with E-state index >= 15 is 0 Å². The van der Waals surface area contributed by atoms with Crippen LogP contribution in [0.4, 0.5) is 35.3 Å². The molecule has 12 nitrogen and oxygen atoms in total. The highest BCUT2D eigenvalue weighted by Gasteiger charge is 2.32. The third-order valence-corrected chi connectivity index (χ3v) is 6.93. The van der Waals surface area contributed by atoms with Crippen LogP contribution in [-0.2, 0) is 28.7 Å². The van der Waals surface area contributed by atoms with Crippen LogP contribution in [0.1, 0.15) is 44.5 Å². The van der Waals surface area contributed by atoms with Crippen molar-refractivity contribution >= 4 is 35.1 Å². The Kier molecular flexibility index (Phi) is 8.65. The molecule has 4 rings (SSSR count). The van der Waals surface area contributed by atoms with Crippen molar-refractivity contribution in [3.8, 4) is 0 Å². The van der Waals surface area contributed by atoms with Crippen molar-refractivity contribution in [2.75, 3.05) is 55.4 Å². The number of piperazine rings is 1. The van der Waals surface area contributed by atoms with E-state index < -0.39 is 34.9 Å². The fourth-order valence-corrected chi connectivity index (χ4v) is 4.86. The molecule has 0 atom stereocenters. The molecular weight excluding hydrogens is 569 g/mol. The Morgan fingerprint density at radius 1 is 1.09 bits per heavy atom. The molecule has 1 saturated heterocycles. The number of hydrogen-bond donors (Lipinski definition) is 1. The SMILES string of the molecule is CCc1c(N2CCN(C(=O)OC(C)(C)C)CC2)c(=O)n2nc(N(C)C)nc2n1CC(=O)Nc1ccc(C(F)(F)F)cc1C. The number of aryl methyl sites for hydroxylation is 1. The zero-order chi connectivity index (χ0) is 31.9. The van der Waals surface area contributed by atoms with Gasteiger partial charge in [-0.05, 0) is 57.9 Å². The molecule has 3 heterocycles. The number of alkyl halides is 3. The number of ether oxygens (including phenoxy) is 1. The minimum absolute atomic E-state index is 0.154. The molecule has 2 aromatic heterocycles. The molecule has 15 heteroatoms. The van der Waals surface area contributed by atoms with Crippen molar-refractivity contribution < 1.29 is 27.5 Å². The highest BCUT2D eigenvalue weighted by molar-refractivity contribution is 5.91. The topological polar surface area (TPSA) is 117 Å². The summed E-state index contributed by atoms with van der Waals surface area (Å²) in [6.07, 6.45) is -4.57. The summed E-state index contributed by atoms with van der Waals surface area (Å²) in [5.41, 5.74) is -0.485. The van der Waals surface area contributed by atoms with Gasteiger partial charge in [0.1, 0.15) is 17.8 Å². The molecule has 43 heavy (non-hydrogen) atoms. The summed E-state index contributed by atoms with van der Waals surface area (Å²) >= 11 is 0. The van der Waals surface area contributed by atoms with Gasteiger partial charge in [0.25, 0.3) is 5.56 Å². The summed E-state index contributed by atoms with van der Waals surface area (Å²) in [6, 6.07) is 3.10. The lowest BCUT2D eigenvalue weighted by Crippen LogP contribution is -2.51. The number of benzene rings is 1. The molecule has 2 amide bonds. The smallest absolute Gasteiger partial charge is 0.416 e. The van der Waals surface area contributed by atoms with Crippen LogP contribution in [0.25, 0.3) is 5.78 Å². The van der Waals surface area contributed by atoms with Crippen molar-refractivity contribution in [3.63, 3.8) is 0 Å². The lowest BCUT2D eigenvalue weighted by Gasteiger charge is -2.37. The molecule has 1 fully saturated rings. The van der Waals surface area contributed by atoms with E-state index in [0.29, 0.717) is 44.0 Å².